The molecule has 1 amide bonds. The number of likely N-dealkylation sites (N-methyl/N-ethyl adjacent to an activating group) is 1. The topological polar surface area (TPSA) is 79.6 Å². The summed E-state index contributed by atoms with van der Waals surface area (Å²) in [6.45, 7) is 1.26. The number of amides is 1. The van der Waals surface area contributed by atoms with Gasteiger partial charge in [0.15, 0.2) is 0 Å². The molecule has 0 saturated carbocycles. The van der Waals surface area contributed by atoms with Gasteiger partial charge in [-0.1, -0.05) is 0 Å². The van der Waals surface area contributed by atoms with Gasteiger partial charge in [-0.2, -0.15) is 0 Å². The van der Waals surface area contributed by atoms with Gasteiger partial charge in [0.25, 0.3) is 5.56 Å². The SMILES string of the molecule is Cc1ccn(CC(=O)N(C)CC(=O)O)c(=O)c1. The van der Waals surface area contributed by atoms with Crippen LogP contribution in [0.4, 0.5) is 0 Å². The van der Waals surface area contributed by atoms with E-state index in [-0.39, 0.29) is 18.6 Å². The third-order valence-corrected chi connectivity index (χ3v) is 2.26. The van der Waals surface area contributed by atoms with E-state index in [4.69, 9.17) is 5.11 Å². The number of nitrogens with zero attached hydrogens (tertiary/aromatic N) is 2. The van der Waals surface area contributed by atoms with Crippen molar-refractivity contribution in [3.63, 3.8) is 0 Å². The van der Waals surface area contributed by atoms with Crippen LogP contribution in [0.2, 0.25) is 0 Å². The maximum atomic E-state index is 11.6. The summed E-state index contributed by atoms with van der Waals surface area (Å²) in [6.07, 6.45) is 1.52. The van der Waals surface area contributed by atoms with Gasteiger partial charge in [0.05, 0.1) is 0 Å². The van der Waals surface area contributed by atoms with Crippen LogP contribution < -0.4 is 5.56 Å². The van der Waals surface area contributed by atoms with Gasteiger partial charge in [-0.25, -0.2) is 0 Å². The summed E-state index contributed by atoms with van der Waals surface area (Å²) in [4.78, 5) is 34.6. The Morgan fingerprint density at radius 3 is 2.65 bits per heavy atom. The van der Waals surface area contributed by atoms with Crippen molar-refractivity contribution in [2.45, 2.75) is 13.5 Å². The molecule has 0 aliphatic rings. The fraction of sp³-hybridized carbons (Fsp3) is 0.364. The zero-order valence-corrected chi connectivity index (χ0v) is 9.71. The number of carboxylic acid groups (broad SMARTS) is 1. The molecular formula is C11H14N2O4. The van der Waals surface area contributed by atoms with E-state index in [0.717, 1.165) is 10.5 Å². The lowest BCUT2D eigenvalue weighted by molar-refractivity contribution is -0.143. The average Bonchev–Trinajstić information content (AvgIpc) is 2.21. The third kappa shape index (κ3) is 3.75. The van der Waals surface area contributed by atoms with Crippen molar-refractivity contribution in [2.24, 2.45) is 0 Å². The quantitative estimate of drug-likeness (QED) is 0.781. The Kier molecular flexibility index (Phi) is 4.03. The molecule has 6 nitrogen and oxygen atoms in total. The zero-order valence-electron chi connectivity index (χ0n) is 9.71. The van der Waals surface area contributed by atoms with Crippen LogP contribution in [0.3, 0.4) is 0 Å². The predicted octanol–water partition coefficient (Wildman–Crippen LogP) is -0.300. The molecular weight excluding hydrogens is 224 g/mol. The summed E-state index contributed by atoms with van der Waals surface area (Å²) in [5.74, 6) is -1.50. The minimum Gasteiger partial charge on any atom is -0.480 e. The van der Waals surface area contributed by atoms with Gasteiger partial charge in [0.1, 0.15) is 13.1 Å². The molecule has 1 N–H and O–H groups in total. The zero-order chi connectivity index (χ0) is 13.0. The van der Waals surface area contributed by atoms with E-state index in [9.17, 15) is 14.4 Å². The molecule has 0 atom stereocenters. The van der Waals surface area contributed by atoms with Gasteiger partial charge in [-0.15, -0.1) is 0 Å². The summed E-state index contributed by atoms with van der Waals surface area (Å²) >= 11 is 0. The first kappa shape index (κ1) is 13.0. The van der Waals surface area contributed by atoms with Crippen molar-refractivity contribution in [1.82, 2.24) is 9.47 Å². The molecule has 0 radical (unpaired) electrons. The second-order valence-corrected chi connectivity index (χ2v) is 3.81. The fourth-order valence-corrected chi connectivity index (χ4v) is 1.29. The van der Waals surface area contributed by atoms with E-state index in [2.05, 4.69) is 0 Å². The van der Waals surface area contributed by atoms with Gasteiger partial charge in [0, 0.05) is 19.3 Å². The minimum atomic E-state index is -1.09. The lowest BCUT2D eigenvalue weighted by Crippen LogP contribution is -2.36. The Hall–Kier alpha value is -2.11. The number of aryl methyl sites for hydroxylation is 1. The molecule has 0 aliphatic heterocycles. The third-order valence-electron chi connectivity index (χ3n) is 2.26. The number of aromatic nitrogens is 1. The molecule has 1 aromatic rings. The van der Waals surface area contributed by atoms with Crippen LogP contribution in [0.15, 0.2) is 23.1 Å². The Labute approximate surface area is 98.1 Å². The Morgan fingerprint density at radius 2 is 2.12 bits per heavy atom. The minimum absolute atomic E-state index is 0.150. The van der Waals surface area contributed by atoms with Gasteiger partial charge in [0.2, 0.25) is 5.91 Å². The van der Waals surface area contributed by atoms with Crippen molar-refractivity contribution in [3.8, 4) is 0 Å². The smallest absolute Gasteiger partial charge is 0.323 e. The van der Waals surface area contributed by atoms with Crippen LogP contribution in [-0.2, 0) is 16.1 Å². The number of pyridine rings is 1. The van der Waals surface area contributed by atoms with Gasteiger partial charge >= 0.3 is 5.97 Å². The number of aliphatic carboxylic acids is 1. The maximum absolute atomic E-state index is 11.6. The second kappa shape index (κ2) is 5.29. The Balaban J connectivity index is 2.74. The van der Waals surface area contributed by atoms with Crippen LogP contribution in [0.25, 0.3) is 0 Å². The van der Waals surface area contributed by atoms with E-state index in [1.807, 2.05) is 0 Å². The number of carbonyl (C=O) groups excluding carboxylic acids is 1. The second-order valence-electron chi connectivity index (χ2n) is 3.81. The van der Waals surface area contributed by atoms with Gasteiger partial charge in [-0.05, 0) is 18.6 Å². The van der Waals surface area contributed by atoms with Crippen LogP contribution in [0.5, 0.6) is 0 Å². The number of carbonyl (C=O) groups is 2. The lowest BCUT2D eigenvalue weighted by atomic mass is 10.3. The fourth-order valence-electron chi connectivity index (χ4n) is 1.29. The number of hydrogen-bond acceptors (Lipinski definition) is 3. The number of carboxylic acids is 1. The van der Waals surface area contributed by atoms with Gasteiger partial charge in [-0.3, -0.25) is 14.4 Å². The molecule has 0 spiro atoms. The van der Waals surface area contributed by atoms with Crippen LogP contribution >= 0.6 is 0 Å². The molecule has 1 rings (SSSR count). The van der Waals surface area contributed by atoms with E-state index in [1.54, 1.807) is 13.0 Å². The van der Waals surface area contributed by atoms with Crippen LogP contribution in [-0.4, -0.2) is 40.0 Å². The molecule has 0 aliphatic carbocycles. The molecule has 6 heteroatoms. The molecule has 17 heavy (non-hydrogen) atoms. The molecule has 0 unspecified atom stereocenters. The summed E-state index contributed by atoms with van der Waals surface area (Å²) in [6, 6.07) is 3.14. The summed E-state index contributed by atoms with van der Waals surface area (Å²) < 4.78 is 1.24. The Morgan fingerprint density at radius 1 is 1.47 bits per heavy atom. The van der Waals surface area contributed by atoms with E-state index in [0.29, 0.717) is 0 Å². The van der Waals surface area contributed by atoms with E-state index >= 15 is 0 Å². The normalized spacial score (nSPS) is 10.0. The number of hydrogen-bond donors (Lipinski definition) is 1. The standard InChI is InChI=1S/C11H14N2O4/c1-8-3-4-13(9(14)5-8)6-10(15)12(2)7-11(16)17/h3-5H,6-7H2,1-2H3,(H,16,17). The first-order valence-electron chi connectivity index (χ1n) is 5.03. The van der Waals surface area contributed by atoms with Crippen molar-refractivity contribution in [3.05, 3.63) is 34.2 Å². The molecule has 92 valence electrons. The lowest BCUT2D eigenvalue weighted by Gasteiger charge is -2.15. The van der Waals surface area contributed by atoms with Crippen LogP contribution in [0, 0.1) is 6.92 Å². The summed E-state index contributed by atoms with van der Waals surface area (Å²) in [5, 5.41) is 8.53. The highest BCUT2D eigenvalue weighted by Crippen LogP contribution is 1.93. The average molecular weight is 238 g/mol. The molecule has 1 aromatic heterocycles. The highest BCUT2D eigenvalue weighted by Gasteiger charge is 2.12. The first-order valence-corrected chi connectivity index (χ1v) is 5.03. The highest BCUT2D eigenvalue weighted by atomic mass is 16.4. The molecule has 0 bridgehead atoms. The molecule has 0 fully saturated rings. The van der Waals surface area contributed by atoms with E-state index < -0.39 is 11.9 Å². The maximum Gasteiger partial charge on any atom is 0.323 e. The van der Waals surface area contributed by atoms with Crippen molar-refractivity contribution < 1.29 is 14.7 Å². The molecule has 0 saturated heterocycles. The van der Waals surface area contributed by atoms with Gasteiger partial charge < -0.3 is 14.6 Å². The Bertz CT molecular complexity index is 492. The summed E-state index contributed by atoms with van der Waals surface area (Å²) in [5.41, 5.74) is 0.541. The van der Waals surface area contributed by atoms with E-state index in [1.165, 1.54) is 23.9 Å². The molecule has 0 aromatic carbocycles. The van der Waals surface area contributed by atoms with Crippen molar-refractivity contribution in [1.29, 1.82) is 0 Å². The van der Waals surface area contributed by atoms with Crippen molar-refractivity contribution in [2.75, 3.05) is 13.6 Å². The largest absolute Gasteiger partial charge is 0.480 e. The summed E-state index contributed by atoms with van der Waals surface area (Å²) in [7, 11) is 1.38. The monoisotopic (exact) mass is 238 g/mol. The van der Waals surface area contributed by atoms with Crippen molar-refractivity contribution >= 4 is 11.9 Å². The first-order chi connectivity index (χ1) is 7.90. The predicted molar refractivity (Wildman–Crippen MR) is 60.7 cm³/mol. The number of rotatable bonds is 4. The van der Waals surface area contributed by atoms with Crippen LogP contribution in [0.1, 0.15) is 5.56 Å². The molecule has 1 heterocycles. The highest BCUT2D eigenvalue weighted by molar-refractivity contribution is 5.80.